The number of aliphatic carboxylic acids is 1. The van der Waals surface area contributed by atoms with E-state index in [1.165, 1.54) is 18.3 Å². The van der Waals surface area contributed by atoms with Crippen LogP contribution in [0.4, 0.5) is 4.39 Å². The average Bonchev–Trinajstić information content (AvgIpc) is 3.07. The molecule has 144 valence electrons. The van der Waals surface area contributed by atoms with Crippen LogP contribution in [0.15, 0.2) is 30.5 Å². The number of rotatable bonds is 4. The van der Waals surface area contributed by atoms with Gasteiger partial charge in [-0.1, -0.05) is 13.8 Å². The van der Waals surface area contributed by atoms with Crippen molar-refractivity contribution in [2.75, 3.05) is 13.1 Å². The van der Waals surface area contributed by atoms with Gasteiger partial charge >= 0.3 is 5.97 Å². The van der Waals surface area contributed by atoms with Crippen molar-refractivity contribution in [3.8, 4) is 5.69 Å². The molecule has 1 N–H and O–H groups in total. The first-order chi connectivity index (χ1) is 12.7. The lowest BCUT2D eigenvalue weighted by molar-refractivity contribution is -0.150. The van der Waals surface area contributed by atoms with Crippen LogP contribution in [0.3, 0.4) is 0 Å². The van der Waals surface area contributed by atoms with Gasteiger partial charge in [-0.3, -0.25) is 9.59 Å². The van der Waals surface area contributed by atoms with Crippen molar-refractivity contribution in [2.24, 2.45) is 5.41 Å². The van der Waals surface area contributed by atoms with E-state index in [-0.39, 0.29) is 24.2 Å². The normalized spacial score (nSPS) is 20.1. The zero-order chi connectivity index (χ0) is 19.8. The molecule has 1 amide bonds. The van der Waals surface area contributed by atoms with Crippen molar-refractivity contribution in [3.05, 3.63) is 47.5 Å². The fraction of sp³-hybridized carbons (Fsp3) is 0.450. The Morgan fingerprint density at radius 1 is 1.26 bits per heavy atom. The number of aromatic nitrogens is 2. The number of piperidine rings is 1. The molecular formula is C20H24FN3O3. The Bertz CT molecular complexity index is 860. The van der Waals surface area contributed by atoms with Gasteiger partial charge < -0.3 is 10.0 Å². The lowest BCUT2D eigenvalue weighted by Crippen LogP contribution is -2.48. The van der Waals surface area contributed by atoms with E-state index in [1.807, 2.05) is 13.8 Å². The molecule has 1 fully saturated rings. The Morgan fingerprint density at radius 3 is 2.52 bits per heavy atom. The highest BCUT2D eigenvalue weighted by Gasteiger charge is 2.40. The van der Waals surface area contributed by atoms with Crippen LogP contribution in [0, 0.1) is 11.2 Å². The first kappa shape index (κ1) is 19.1. The molecule has 7 heteroatoms. The molecule has 0 spiro atoms. The number of likely N-dealkylation sites (tertiary alicyclic amines) is 1. The maximum absolute atomic E-state index is 13.2. The number of carbonyl (C=O) groups is 2. The van der Waals surface area contributed by atoms with E-state index in [4.69, 9.17) is 0 Å². The molecule has 2 aromatic rings. The van der Waals surface area contributed by atoms with Crippen molar-refractivity contribution in [3.63, 3.8) is 0 Å². The van der Waals surface area contributed by atoms with Crippen LogP contribution in [-0.2, 0) is 4.79 Å². The molecule has 27 heavy (non-hydrogen) atoms. The topological polar surface area (TPSA) is 75.4 Å². The molecule has 0 bridgehead atoms. The van der Waals surface area contributed by atoms with Gasteiger partial charge in [0.1, 0.15) is 5.82 Å². The summed E-state index contributed by atoms with van der Waals surface area (Å²) in [6, 6.07) is 5.94. The van der Waals surface area contributed by atoms with E-state index in [0.29, 0.717) is 30.6 Å². The molecule has 1 atom stereocenters. The van der Waals surface area contributed by atoms with Crippen LogP contribution >= 0.6 is 0 Å². The second-order valence-corrected chi connectivity index (χ2v) is 7.68. The number of halogens is 1. The fourth-order valence-electron chi connectivity index (χ4n) is 3.62. The largest absolute Gasteiger partial charge is 0.481 e. The smallest absolute Gasteiger partial charge is 0.311 e. The van der Waals surface area contributed by atoms with Crippen molar-refractivity contribution in [2.45, 2.75) is 39.5 Å². The number of carboxylic acid groups (broad SMARTS) is 1. The van der Waals surface area contributed by atoms with Gasteiger partial charge in [0.05, 0.1) is 28.6 Å². The Hall–Kier alpha value is -2.70. The molecular weight excluding hydrogens is 349 g/mol. The fourth-order valence-corrected chi connectivity index (χ4v) is 3.62. The number of benzene rings is 1. The minimum absolute atomic E-state index is 0.00662. The number of hydrogen-bond acceptors (Lipinski definition) is 3. The lowest BCUT2D eigenvalue weighted by Gasteiger charge is -2.37. The predicted molar refractivity (Wildman–Crippen MR) is 98.5 cm³/mol. The third-order valence-corrected chi connectivity index (χ3v) is 5.15. The molecule has 1 unspecified atom stereocenters. The van der Waals surface area contributed by atoms with Gasteiger partial charge in [-0.2, -0.15) is 5.10 Å². The standard InChI is InChI=1S/C20H24FN3O3/c1-13(2)17-16(11-22-24(17)15-7-5-14(21)6-8-15)18(25)23-10-4-9-20(3,12-23)19(26)27/h5-8,11,13H,4,9-10,12H2,1-3H3,(H,26,27). The summed E-state index contributed by atoms with van der Waals surface area (Å²) in [6.45, 7) is 6.32. The zero-order valence-electron chi connectivity index (χ0n) is 15.8. The molecule has 1 saturated heterocycles. The van der Waals surface area contributed by atoms with Crippen LogP contribution in [-0.4, -0.2) is 44.8 Å². The van der Waals surface area contributed by atoms with Crippen LogP contribution in [0.2, 0.25) is 0 Å². The highest BCUT2D eigenvalue weighted by molar-refractivity contribution is 5.96. The molecule has 1 aromatic heterocycles. The monoisotopic (exact) mass is 373 g/mol. The molecule has 0 aliphatic carbocycles. The Kier molecular flexibility index (Phi) is 5.04. The molecule has 2 heterocycles. The average molecular weight is 373 g/mol. The first-order valence-corrected chi connectivity index (χ1v) is 9.09. The summed E-state index contributed by atoms with van der Waals surface area (Å²) in [5, 5.41) is 13.9. The minimum atomic E-state index is -0.932. The van der Waals surface area contributed by atoms with Gasteiger partial charge in [0, 0.05) is 13.1 Å². The molecule has 0 radical (unpaired) electrons. The zero-order valence-corrected chi connectivity index (χ0v) is 15.8. The predicted octanol–water partition coefficient (Wildman–Crippen LogP) is 3.46. The van der Waals surface area contributed by atoms with Gasteiger partial charge in [-0.25, -0.2) is 9.07 Å². The van der Waals surface area contributed by atoms with Crippen molar-refractivity contribution in [1.82, 2.24) is 14.7 Å². The highest BCUT2D eigenvalue weighted by atomic mass is 19.1. The lowest BCUT2D eigenvalue weighted by atomic mass is 9.82. The Labute approximate surface area is 157 Å². The van der Waals surface area contributed by atoms with Gasteiger partial charge in [0.2, 0.25) is 0 Å². The summed E-state index contributed by atoms with van der Waals surface area (Å²) in [5.41, 5.74) is 0.935. The quantitative estimate of drug-likeness (QED) is 0.891. The third-order valence-electron chi connectivity index (χ3n) is 5.15. The summed E-state index contributed by atoms with van der Waals surface area (Å²) in [6.07, 6.45) is 2.73. The number of amides is 1. The number of carbonyl (C=O) groups excluding carboxylic acids is 1. The summed E-state index contributed by atoms with van der Waals surface area (Å²) >= 11 is 0. The maximum atomic E-state index is 13.2. The molecule has 1 aliphatic rings. The number of carboxylic acids is 1. The van der Waals surface area contributed by atoms with E-state index in [0.717, 1.165) is 5.69 Å². The molecule has 1 aliphatic heterocycles. The van der Waals surface area contributed by atoms with Crippen LogP contribution < -0.4 is 0 Å². The Morgan fingerprint density at radius 2 is 1.93 bits per heavy atom. The van der Waals surface area contributed by atoms with E-state index in [1.54, 1.807) is 28.6 Å². The second kappa shape index (κ2) is 7.13. The van der Waals surface area contributed by atoms with E-state index < -0.39 is 11.4 Å². The van der Waals surface area contributed by atoms with Gasteiger partial charge in [-0.15, -0.1) is 0 Å². The van der Waals surface area contributed by atoms with Crippen molar-refractivity contribution in [1.29, 1.82) is 0 Å². The molecule has 6 nitrogen and oxygen atoms in total. The number of nitrogens with zero attached hydrogens (tertiary/aromatic N) is 3. The first-order valence-electron chi connectivity index (χ1n) is 9.09. The summed E-state index contributed by atoms with van der Waals surface area (Å²) in [7, 11) is 0. The van der Waals surface area contributed by atoms with E-state index >= 15 is 0 Å². The van der Waals surface area contributed by atoms with Crippen molar-refractivity contribution < 1.29 is 19.1 Å². The van der Waals surface area contributed by atoms with Crippen LogP contribution in [0.5, 0.6) is 0 Å². The maximum Gasteiger partial charge on any atom is 0.311 e. The van der Waals surface area contributed by atoms with Gasteiger partial charge in [0.25, 0.3) is 5.91 Å². The molecule has 3 rings (SSSR count). The van der Waals surface area contributed by atoms with Gasteiger partial charge in [0.15, 0.2) is 0 Å². The van der Waals surface area contributed by atoms with Crippen LogP contribution in [0.25, 0.3) is 5.69 Å². The second-order valence-electron chi connectivity index (χ2n) is 7.68. The van der Waals surface area contributed by atoms with Crippen molar-refractivity contribution >= 4 is 11.9 Å². The molecule has 0 saturated carbocycles. The SMILES string of the molecule is CC(C)c1c(C(=O)N2CCCC(C)(C(=O)O)C2)cnn1-c1ccc(F)cc1. The van der Waals surface area contributed by atoms with E-state index in [9.17, 15) is 19.1 Å². The van der Waals surface area contributed by atoms with Gasteiger partial charge in [-0.05, 0) is 49.9 Å². The number of hydrogen-bond donors (Lipinski definition) is 1. The summed E-state index contributed by atoms with van der Waals surface area (Å²) in [4.78, 5) is 26.3. The summed E-state index contributed by atoms with van der Waals surface area (Å²) < 4.78 is 14.9. The highest BCUT2D eigenvalue weighted by Crippen LogP contribution is 2.32. The Balaban J connectivity index is 1.96. The van der Waals surface area contributed by atoms with Crippen LogP contribution in [0.1, 0.15) is 55.6 Å². The minimum Gasteiger partial charge on any atom is -0.481 e. The third kappa shape index (κ3) is 3.59. The molecule has 1 aromatic carbocycles. The van der Waals surface area contributed by atoms with E-state index in [2.05, 4.69) is 5.10 Å². The summed E-state index contributed by atoms with van der Waals surface area (Å²) in [5.74, 6) is -1.42.